The van der Waals surface area contributed by atoms with Crippen LogP contribution in [0.5, 0.6) is 0 Å². The van der Waals surface area contributed by atoms with Crippen molar-refractivity contribution in [3.05, 3.63) is 71.9 Å². The van der Waals surface area contributed by atoms with Crippen LogP contribution in [0.2, 0.25) is 0 Å². The molecule has 0 aliphatic carbocycles. The predicted octanol–water partition coefficient (Wildman–Crippen LogP) is 3.61. The Morgan fingerprint density at radius 3 is 2.87 bits per heavy atom. The van der Waals surface area contributed by atoms with E-state index in [1.54, 1.807) is 18.5 Å². The van der Waals surface area contributed by atoms with Crippen molar-refractivity contribution in [3.63, 3.8) is 0 Å². The van der Waals surface area contributed by atoms with Crippen LogP contribution >= 0.6 is 11.3 Å². The molecule has 0 unspecified atom stereocenters. The van der Waals surface area contributed by atoms with Gasteiger partial charge in [0.15, 0.2) is 0 Å². The van der Waals surface area contributed by atoms with Crippen LogP contribution in [-0.4, -0.2) is 15.5 Å². The lowest BCUT2D eigenvalue weighted by Crippen LogP contribution is -2.22. The standard InChI is InChI=1S/C17H13N3O2S/c21-16(19-11-12-5-4-10-22-12)15-14(20-8-1-2-9-20)13-6-3-7-18-17(13)23-15/h1-10H,11H2,(H,19,21). The first-order valence-electron chi connectivity index (χ1n) is 7.14. The molecule has 4 heterocycles. The van der Waals surface area contributed by atoms with E-state index >= 15 is 0 Å². The number of carbonyl (C=O) groups is 1. The van der Waals surface area contributed by atoms with Gasteiger partial charge < -0.3 is 14.3 Å². The van der Waals surface area contributed by atoms with Crippen LogP contribution in [0.1, 0.15) is 15.4 Å². The molecule has 4 rings (SSSR count). The Morgan fingerprint density at radius 2 is 2.09 bits per heavy atom. The fourth-order valence-corrected chi connectivity index (χ4v) is 3.53. The number of pyridine rings is 1. The predicted molar refractivity (Wildman–Crippen MR) is 88.8 cm³/mol. The van der Waals surface area contributed by atoms with Crippen molar-refractivity contribution < 1.29 is 9.21 Å². The molecule has 0 fully saturated rings. The molecule has 0 bridgehead atoms. The molecule has 0 atom stereocenters. The highest BCUT2D eigenvalue weighted by molar-refractivity contribution is 7.21. The van der Waals surface area contributed by atoms with Gasteiger partial charge in [-0.1, -0.05) is 0 Å². The fourth-order valence-electron chi connectivity index (χ4n) is 2.47. The summed E-state index contributed by atoms with van der Waals surface area (Å²) in [7, 11) is 0. The second-order valence-corrected chi connectivity index (χ2v) is 5.99. The van der Waals surface area contributed by atoms with E-state index < -0.39 is 0 Å². The van der Waals surface area contributed by atoms with Gasteiger partial charge in [0.25, 0.3) is 5.91 Å². The Kier molecular flexibility index (Phi) is 3.44. The third kappa shape index (κ3) is 2.53. The minimum Gasteiger partial charge on any atom is -0.467 e. The molecule has 0 saturated carbocycles. The average Bonchev–Trinajstić information content (AvgIpc) is 3.30. The van der Waals surface area contributed by atoms with Crippen LogP contribution in [0.25, 0.3) is 15.9 Å². The topological polar surface area (TPSA) is 60.1 Å². The molecule has 114 valence electrons. The molecular weight excluding hydrogens is 310 g/mol. The lowest BCUT2D eigenvalue weighted by molar-refractivity contribution is 0.0952. The van der Waals surface area contributed by atoms with Gasteiger partial charge in [-0.3, -0.25) is 4.79 Å². The van der Waals surface area contributed by atoms with Crippen molar-refractivity contribution in [2.45, 2.75) is 6.54 Å². The number of rotatable bonds is 4. The summed E-state index contributed by atoms with van der Waals surface area (Å²) >= 11 is 1.39. The summed E-state index contributed by atoms with van der Waals surface area (Å²) in [6.45, 7) is 0.360. The van der Waals surface area contributed by atoms with Crippen molar-refractivity contribution in [1.82, 2.24) is 14.9 Å². The molecule has 0 aliphatic rings. The van der Waals surface area contributed by atoms with Crippen LogP contribution in [0.3, 0.4) is 0 Å². The van der Waals surface area contributed by atoms with E-state index in [4.69, 9.17) is 4.42 Å². The zero-order valence-electron chi connectivity index (χ0n) is 12.1. The van der Waals surface area contributed by atoms with E-state index in [-0.39, 0.29) is 5.91 Å². The van der Waals surface area contributed by atoms with Gasteiger partial charge in [0, 0.05) is 24.0 Å². The first-order valence-corrected chi connectivity index (χ1v) is 7.96. The molecule has 0 spiro atoms. The molecule has 6 heteroatoms. The summed E-state index contributed by atoms with van der Waals surface area (Å²) in [6, 6.07) is 11.4. The number of nitrogens with one attached hydrogen (secondary N) is 1. The summed E-state index contributed by atoms with van der Waals surface area (Å²) in [5.74, 6) is 0.591. The van der Waals surface area contributed by atoms with Crippen molar-refractivity contribution in [3.8, 4) is 5.69 Å². The molecule has 0 aromatic carbocycles. The lowest BCUT2D eigenvalue weighted by atomic mass is 10.2. The van der Waals surface area contributed by atoms with Gasteiger partial charge in [-0.2, -0.15) is 0 Å². The Bertz CT molecular complexity index is 940. The van der Waals surface area contributed by atoms with Gasteiger partial charge >= 0.3 is 0 Å². The zero-order chi connectivity index (χ0) is 15.6. The molecule has 0 aliphatic heterocycles. The number of carbonyl (C=O) groups excluding carboxylic acids is 1. The number of amides is 1. The number of furan rings is 1. The van der Waals surface area contributed by atoms with E-state index in [0.29, 0.717) is 11.4 Å². The minimum atomic E-state index is -0.131. The Balaban J connectivity index is 1.74. The molecule has 4 aromatic heterocycles. The first kappa shape index (κ1) is 13.8. The minimum absolute atomic E-state index is 0.131. The van der Waals surface area contributed by atoms with Crippen molar-refractivity contribution in [2.75, 3.05) is 0 Å². The van der Waals surface area contributed by atoms with Crippen LogP contribution in [0.4, 0.5) is 0 Å². The monoisotopic (exact) mass is 323 g/mol. The summed E-state index contributed by atoms with van der Waals surface area (Å²) in [4.78, 5) is 18.5. The van der Waals surface area contributed by atoms with Gasteiger partial charge in [0.05, 0.1) is 18.5 Å². The van der Waals surface area contributed by atoms with E-state index in [2.05, 4.69) is 10.3 Å². The lowest BCUT2D eigenvalue weighted by Gasteiger charge is -2.06. The summed E-state index contributed by atoms with van der Waals surface area (Å²) in [5, 5.41) is 3.87. The number of fused-ring (bicyclic) bond motifs is 1. The molecule has 0 saturated heterocycles. The number of thiophene rings is 1. The maximum absolute atomic E-state index is 12.6. The SMILES string of the molecule is O=C(NCc1ccco1)c1sc2ncccc2c1-n1cccc1. The summed E-state index contributed by atoms with van der Waals surface area (Å²) in [5.41, 5.74) is 0.861. The van der Waals surface area contributed by atoms with Crippen LogP contribution < -0.4 is 5.32 Å². The highest BCUT2D eigenvalue weighted by Crippen LogP contribution is 2.33. The third-order valence-corrected chi connectivity index (χ3v) is 4.61. The highest BCUT2D eigenvalue weighted by Gasteiger charge is 2.20. The number of hydrogen-bond donors (Lipinski definition) is 1. The van der Waals surface area contributed by atoms with Crippen LogP contribution in [0, 0.1) is 0 Å². The number of nitrogens with zero attached hydrogens (tertiary/aromatic N) is 2. The smallest absolute Gasteiger partial charge is 0.263 e. The quantitative estimate of drug-likeness (QED) is 0.624. The largest absolute Gasteiger partial charge is 0.467 e. The molecule has 1 amide bonds. The molecule has 4 aromatic rings. The summed E-state index contributed by atoms with van der Waals surface area (Å²) < 4.78 is 7.20. The van der Waals surface area contributed by atoms with Gasteiger partial charge in [0.2, 0.25) is 0 Å². The second-order valence-electron chi connectivity index (χ2n) is 4.99. The molecule has 5 nitrogen and oxygen atoms in total. The van der Waals surface area contributed by atoms with E-state index in [1.165, 1.54) is 11.3 Å². The maximum Gasteiger partial charge on any atom is 0.263 e. The van der Waals surface area contributed by atoms with Crippen molar-refractivity contribution >= 4 is 27.5 Å². The average molecular weight is 323 g/mol. The van der Waals surface area contributed by atoms with Gasteiger partial charge in [-0.15, -0.1) is 11.3 Å². The number of hydrogen-bond acceptors (Lipinski definition) is 4. The normalized spacial score (nSPS) is 11.0. The highest BCUT2D eigenvalue weighted by atomic mass is 32.1. The Morgan fingerprint density at radius 1 is 1.22 bits per heavy atom. The van der Waals surface area contributed by atoms with Crippen molar-refractivity contribution in [2.24, 2.45) is 0 Å². The molecule has 23 heavy (non-hydrogen) atoms. The van der Waals surface area contributed by atoms with Crippen LogP contribution in [-0.2, 0) is 6.54 Å². The Hall–Kier alpha value is -2.86. The first-order chi connectivity index (χ1) is 11.3. The van der Waals surface area contributed by atoms with E-state index in [9.17, 15) is 4.79 Å². The van der Waals surface area contributed by atoms with E-state index in [0.717, 1.165) is 21.7 Å². The van der Waals surface area contributed by atoms with Crippen molar-refractivity contribution in [1.29, 1.82) is 0 Å². The van der Waals surface area contributed by atoms with E-state index in [1.807, 2.05) is 47.3 Å². The zero-order valence-corrected chi connectivity index (χ0v) is 12.9. The second kappa shape index (κ2) is 5.73. The summed E-state index contributed by atoms with van der Waals surface area (Å²) in [6.07, 6.45) is 7.19. The maximum atomic E-state index is 12.6. The van der Waals surface area contributed by atoms with Gasteiger partial charge in [0.1, 0.15) is 15.5 Å². The third-order valence-electron chi connectivity index (χ3n) is 3.51. The number of aromatic nitrogens is 2. The molecule has 0 radical (unpaired) electrons. The van der Waals surface area contributed by atoms with Gasteiger partial charge in [-0.05, 0) is 36.4 Å². The molecular formula is C17H13N3O2S. The van der Waals surface area contributed by atoms with Crippen LogP contribution in [0.15, 0.2) is 65.7 Å². The Labute approximate surface area is 136 Å². The molecule has 1 N–H and O–H groups in total. The van der Waals surface area contributed by atoms with Gasteiger partial charge in [-0.25, -0.2) is 4.98 Å². The fraction of sp³-hybridized carbons (Fsp3) is 0.0588.